The summed E-state index contributed by atoms with van der Waals surface area (Å²) in [4.78, 5) is 31.2. The molecule has 0 atom stereocenters. The van der Waals surface area contributed by atoms with Crippen LogP contribution >= 0.6 is 0 Å². The van der Waals surface area contributed by atoms with Gasteiger partial charge in [-0.2, -0.15) is 0 Å². The summed E-state index contributed by atoms with van der Waals surface area (Å²) >= 11 is 0. The van der Waals surface area contributed by atoms with Gasteiger partial charge in [-0.1, -0.05) is 18.2 Å². The summed E-state index contributed by atoms with van der Waals surface area (Å²) in [5, 5.41) is 6.62. The maximum Gasteiger partial charge on any atom is 0.226 e. The van der Waals surface area contributed by atoms with Crippen LogP contribution in [0.25, 0.3) is 10.9 Å². The highest BCUT2D eigenvalue weighted by Gasteiger charge is 2.12. The van der Waals surface area contributed by atoms with E-state index in [9.17, 15) is 9.59 Å². The van der Waals surface area contributed by atoms with Crippen molar-refractivity contribution in [1.29, 1.82) is 0 Å². The van der Waals surface area contributed by atoms with Crippen LogP contribution in [0.15, 0.2) is 48.8 Å². The Labute approximate surface area is 145 Å². The first-order valence-corrected chi connectivity index (χ1v) is 8.16. The van der Waals surface area contributed by atoms with Crippen LogP contribution in [-0.2, 0) is 16.0 Å². The van der Waals surface area contributed by atoms with E-state index < -0.39 is 0 Å². The molecule has 6 heteroatoms. The maximum atomic E-state index is 12.2. The van der Waals surface area contributed by atoms with Gasteiger partial charge in [-0.05, 0) is 30.7 Å². The van der Waals surface area contributed by atoms with Gasteiger partial charge < -0.3 is 15.6 Å². The molecule has 6 nitrogen and oxygen atoms in total. The van der Waals surface area contributed by atoms with Crippen molar-refractivity contribution in [2.75, 3.05) is 11.9 Å². The summed E-state index contributed by atoms with van der Waals surface area (Å²) in [7, 11) is 0. The number of carbonyl (C=O) groups excluding carboxylic acids is 2. The zero-order chi connectivity index (χ0) is 17.6. The smallest absolute Gasteiger partial charge is 0.226 e. The van der Waals surface area contributed by atoms with E-state index in [1.807, 2.05) is 31.2 Å². The molecule has 1 aromatic carbocycles. The lowest BCUT2D eigenvalue weighted by Crippen LogP contribution is -2.29. The summed E-state index contributed by atoms with van der Waals surface area (Å²) in [5.74, 6) is -0.237. The Morgan fingerprint density at radius 2 is 1.84 bits per heavy atom. The van der Waals surface area contributed by atoms with Crippen LogP contribution < -0.4 is 10.6 Å². The van der Waals surface area contributed by atoms with E-state index in [1.54, 1.807) is 24.5 Å². The minimum atomic E-state index is -0.144. The average molecular weight is 336 g/mol. The number of hydrogen-bond acceptors (Lipinski definition) is 3. The molecule has 0 aliphatic heterocycles. The van der Waals surface area contributed by atoms with Crippen LogP contribution in [0.4, 0.5) is 5.69 Å². The first kappa shape index (κ1) is 16.7. The Kier molecular flexibility index (Phi) is 5.09. The monoisotopic (exact) mass is 336 g/mol. The van der Waals surface area contributed by atoms with Crippen LogP contribution in [0, 0.1) is 6.92 Å². The first-order chi connectivity index (χ1) is 12.1. The minimum absolute atomic E-state index is 0.0930. The third-order valence-electron chi connectivity index (χ3n) is 4.00. The average Bonchev–Trinajstić information content (AvgIpc) is 2.91. The van der Waals surface area contributed by atoms with Crippen molar-refractivity contribution in [2.24, 2.45) is 0 Å². The molecule has 0 saturated carbocycles. The lowest BCUT2D eigenvalue weighted by Gasteiger charge is -2.07. The fourth-order valence-corrected chi connectivity index (χ4v) is 2.76. The van der Waals surface area contributed by atoms with E-state index >= 15 is 0 Å². The lowest BCUT2D eigenvalue weighted by atomic mass is 10.1. The molecule has 0 aliphatic rings. The minimum Gasteiger partial charge on any atom is -0.358 e. The van der Waals surface area contributed by atoms with E-state index in [1.165, 1.54) is 0 Å². The molecule has 3 rings (SSSR count). The Bertz CT molecular complexity index is 887. The number of nitrogens with zero attached hydrogens (tertiary/aromatic N) is 1. The van der Waals surface area contributed by atoms with Crippen LogP contribution in [0.2, 0.25) is 0 Å². The number of amides is 2. The topological polar surface area (TPSA) is 86.9 Å². The normalized spacial score (nSPS) is 10.6. The van der Waals surface area contributed by atoms with Crippen LogP contribution in [0.5, 0.6) is 0 Å². The van der Waals surface area contributed by atoms with Gasteiger partial charge in [-0.3, -0.25) is 14.6 Å². The number of aromatic nitrogens is 2. The SMILES string of the molecule is Cc1[nH]c2ccccc2c1CC(=O)NCCC(=O)Nc1ccncc1. The van der Waals surface area contributed by atoms with E-state index in [0.717, 1.165) is 22.2 Å². The molecule has 2 aromatic heterocycles. The number of benzene rings is 1. The molecule has 3 aromatic rings. The predicted molar refractivity (Wildman–Crippen MR) is 97.2 cm³/mol. The van der Waals surface area contributed by atoms with Crippen LogP contribution in [0.1, 0.15) is 17.7 Å². The van der Waals surface area contributed by atoms with Crippen molar-refractivity contribution in [1.82, 2.24) is 15.3 Å². The van der Waals surface area contributed by atoms with Gasteiger partial charge in [0.05, 0.1) is 6.42 Å². The molecular weight excluding hydrogens is 316 g/mol. The number of rotatable bonds is 6. The number of aryl methyl sites for hydroxylation is 1. The van der Waals surface area contributed by atoms with Crippen molar-refractivity contribution < 1.29 is 9.59 Å². The van der Waals surface area contributed by atoms with Gasteiger partial charge in [-0.25, -0.2) is 0 Å². The Hall–Kier alpha value is -3.15. The number of para-hydroxylation sites is 1. The lowest BCUT2D eigenvalue weighted by molar-refractivity contribution is -0.120. The number of carbonyl (C=O) groups is 2. The van der Waals surface area contributed by atoms with Crippen molar-refractivity contribution in [3.63, 3.8) is 0 Å². The van der Waals surface area contributed by atoms with E-state index in [0.29, 0.717) is 18.7 Å². The van der Waals surface area contributed by atoms with Crippen molar-refractivity contribution in [2.45, 2.75) is 19.8 Å². The molecule has 2 amide bonds. The highest BCUT2D eigenvalue weighted by molar-refractivity contribution is 5.92. The van der Waals surface area contributed by atoms with Gasteiger partial charge in [0.25, 0.3) is 0 Å². The molecule has 0 saturated heterocycles. The number of nitrogens with one attached hydrogen (secondary N) is 3. The molecule has 0 unspecified atom stereocenters. The third kappa shape index (κ3) is 4.23. The fraction of sp³-hybridized carbons (Fsp3) is 0.211. The fourth-order valence-electron chi connectivity index (χ4n) is 2.76. The van der Waals surface area contributed by atoms with E-state index in [2.05, 4.69) is 20.6 Å². The molecular formula is C19H20N4O2. The Balaban J connectivity index is 1.49. The summed E-state index contributed by atoms with van der Waals surface area (Å²) in [6, 6.07) is 11.4. The highest BCUT2D eigenvalue weighted by atomic mass is 16.2. The summed E-state index contributed by atoms with van der Waals surface area (Å²) in [6.07, 6.45) is 3.74. The summed E-state index contributed by atoms with van der Waals surface area (Å²) < 4.78 is 0. The van der Waals surface area contributed by atoms with Crippen molar-refractivity contribution in [3.8, 4) is 0 Å². The molecule has 128 valence electrons. The van der Waals surface area contributed by atoms with Gasteiger partial charge in [0.15, 0.2) is 0 Å². The molecule has 3 N–H and O–H groups in total. The zero-order valence-corrected chi connectivity index (χ0v) is 14.0. The number of anilines is 1. The quantitative estimate of drug-likeness (QED) is 0.646. The molecule has 2 heterocycles. The molecule has 0 spiro atoms. The van der Waals surface area contributed by atoms with Gasteiger partial charge in [0.2, 0.25) is 11.8 Å². The van der Waals surface area contributed by atoms with Gasteiger partial charge in [0, 0.05) is 47.6 Å². The number of fused-ring (bicyclic) bond motifs is 1. The summed E-state index contributed by atoms with van der Waals surface area (Å²) in [6.45, 7) is 2.27. The Morgan fingerprint density at radius 3 is 2.64 bits per heavy atom. The van der Waals surface area contributed by atoms with Crippen molar-refractivity contribution in [3.05, 3.63) is 60.0 Å². The van der Waals surface area contributed by atoms with Gasteiger partial charge >= 0.3 is 0 Å². The second kappa shape index (κ2) is 7.61. The number of hydrogen-bond donors (Lipinski definition) is 3. The second-order valence-electron chi connectivity index (χ2n) is 5.83. The summed E-state index contributed by atoms with van der Waals surface area (Å²) in [5.41, 5.74) is 3.71. The molecule has 0 aliphatic carbocycles. The van der Waals surface area contributed by atoms with Crippen LogP contribution in [-0.4, -0.2) is 28.3 Å². The predicted octanol–water partition coefficient (Wildman–Crippen LogP) is 2.56. The van der Waals surface area contributed by atoms with Crippen molar-refractivity contribution >= 4 is 28.4 Å². The number of pyridine rings is 1. The van der Waals surface area contributed by atoms with E-state index in [4.69, 9.17) is 0 Å². The zero-order valence-electron chi connectivity index (χ0n) is 14.0. The van der Waals surface area contributed by atoms with Gasteiger partial charge in [-0.15, -0.1) is 0 Å². The molecule has 25 heavy (non-hydrogen) atoms. The molecule has 0 radical (unpaired) electrons. The maximum absolute atomic E-state index is 12.2. The number of aromatic amines is 1. The molecule has 0 fully saturated rings. The first-order valence-electron chi connectivity index (χ1n) is 8.16. The number of H-pyrrole nitrogens is 1. The Morgan fingerprint density at radius 1 is 1.08 bits per heavy atom. The largest absolute Gasteiger partial charge is 0.358 e. The van der Waals surface area contributed by atoms with E-state index in [-0.39, 0.29) is 18.2 Å². The highest BCUT2D eigenvalue weighted by Crippen LogP contribution is 2.22. The third-order valence-corrected chi connectivity index (χ3v) is 4.00. The standard InChI is InChI=1S/C19H20N4O2/c1-13-16(15-4-2-3-5-17(15)22-13)12-19(25)21-11-8-18(24)23-14-6-9-20-10-7-14/h2-7,9-10,22H,8,11-12H2,1H3,(H,21,25)(H,20,23,24). The molecule has 0 bridgehead atoms. The van der Waals surface area contributed by atoms with Gasteiger partial charge in [0.1, 0.15) is 0 Å². The van der Waals surface area contributed by atoms with Crippen LogP contribution in [0.3, 0.4) is 0 Å². The second-order valence-corrected chi connectivity index (χ2v) is 5.83.